The molecule has 1 aromatic heterocycles. The van der Waals surface area contributed by atoms with E-state index in [1.165, 1.54) is 12.8 Å². The predicted molar refractivity (Wildman–Crippen MR) is 143 cm³/mol. The number of benzene rings is 2. The van der Waals surface area contributed by atoms with E-state index in [-0.39, 0.29) is 5.91 Å². The molecule has 2 aliphatic heterocycles. The molecule has 6 nitrogen and oxygen atoms in total. The summed E-state index contributed by atoms with van der Waals surface area (Å²) in [6, 6.07) is 14.4. The lowest BCUT2D eigenvalue weighted by atomic mass is 9.90. The number of fused-ring (bicyclic) bond motifs is 1. The Kier molecular flexibility index (Phi) is 6.91. The standard InChI is InChI=1S/C29H36N4O2/c1-3-5-21-10-12-33(13-11-21)29(34)24-7-4-6-20(2)27(24)22-8-9-25-23(18-22)19-26(28(30)31-25)32-14-16-35-17-15-32/h4,6-9,18-19,21H,3,5,10-17H2,1-2H3,(H2,30,31). The van der Waals surface area contributed by atoms with E-state index >= 15 is 0 Å². The van der Waals surface area contributed by atoms with Crippen molar-refractivity contribution >= 4 is 28.3 Å². The molecule has 5 rings (SSSR count). The van der Waals surface area contributed by atoms with Gasteiger partial charge in [-0.2, -0.15) is 0 Å². The molecule has 1 amide bonds. The van der Waals surface area contributed by atoms with E-state index in [2.05, 4.69) is 48.0 Å². The Labute approximate surface area is 208 Å². The molecule has 0 unspecified atom stereocenters. The Morgan fingerprint density at radius 2 is 1.86 bits per heavy atom. The van der Waals surface area contributed by atoms with E-state index in [0.29, 0.717) is 19.0 Å². The quantitative estimate of drug-likeness (QED) is 0.547. The number of piperidine rings is 1. The first-order chi connectivity index (χ1) is 17.0. The van der Waals surface area contributed by atoms with Gasteiger partial charge in [-0.15, -0.1) is 0 Å². The van der Waals surface area contributed by atoms with Gasteiger partial charge in [-0.25, -0.2) is 4.98 Å². The predicted octanol–water partition coefficient (Wildman–Crippen LogP) is 5.28. The summed E-state index contributed by atoms with van der Waals surface area (Å²) < 4.78 is 5.50. The van der Waals surface area contributed by atoms with Crippen LogP contribution < -0.4 is 10.6 Å². The lowest BCUT2D eigenvalue weighted by Crippen LogP contribution is -2.38. The van der Waals surface area contributed by atoms with E-state index < -0.39 is 0 Å². The van der Waals surface area contributed by atoms with E-state index in [1.807, 2.05) is 23.1 Å². The molecule has 3 heterocycles. The van der Waals surface area contributed by atoms with Gasteiger partial charge in [0.2, 0.25) is 0 Å². The second-order valence-electron chi connectivity index (χ2n) is 9.92. The Balaban J connectivity index is 1.48. The van der Waals surface area contributed by atoms with Crippen LogP contribution in [0, 0.1) is 12.8 Å². The maximum absolute atomic E-state index is 13.7. The third kappa shape index (κ3) is 4.85. The van der Waals surface area contributed by atoms with Crippen molar-refractivity contribution in [3.05, 3.63) is 53.6 Å². The third-order valence-electron chi connectivity index (χ3n) is 7.57. The van der Waals surface area contributed by atoms with Crippen molar-refractivity contribution in [2.24, 2.45) is 5.92 Å². The highest BCUT2D eigenvalue weighted by Crippen LogP contribution is 2.34. The van der Waals surface area contributed by atoms with Crippen LogP contribution in [0.1, 0.15) is 48.5 Å². The molecule has 0 spiro atoms. The van der Waals surface area contributed by atoms with Crippen molar-refractivity contribution in [2.45, 2.75) is 39.5 Å². The van der Waals surface area contributed by atoms with Gasteiger partial charge in [0, 0.05) is 37.1 Å². The number of aromatic nitrogens is 1. The van der Waals surface area contributed by atoms with Gasteiger partial charge in [0.1, 0.15) is 5.82 Å². The normalized spacial score (nSPS) is 17.2. The van der Waals surface area contributed by atoms with E-state index in [0.717, 1.165) is 83.8 Å². The molecule has 0 atom stereocenters. The second kappa shape index (κ2) is 10.2. The highest BCUT2D eigenvalue weighted by Gasteiger charge is 2.26. The van der Waals surface area contributed by atoms with Crippen LogP contribution in [-0.2, 0) is 4.74 Å². The molecular weight excluding hydrogens is 436 g/mol. The number of anilines is 2. The van der Waals surface area contributed by atoms with Crippen LogP contribution in [0.15, 0.2) is 42.5 Å². The highest BCUT2D eigenvalue weighted by molar-refractivity contribution is 6.03. The average Bonchev–Trinajstić information content (AvgIpc) is 2.89. The van der Waals surface area contributed by atoms with Crippen LogP contribution in [0.25, 0.3) is 22.0 Å². The molecule has 2 aliphatic rings. The summed E-state index contributed by atoms with van der Waals surface area (Å²) >= 11 is 0. The van der Waals surface area contributed by atoms with Crippen molar-refractivity contribution in [3.8, 4) is 11.1 Å². The van der Waals surface area contributed by atoms with Crippen LogP contribution in [0.4, 0.5) is 11.5 Å². The molecule has 0 radical (unpaired) electrons. The van der Waals surface area contributed by atoms with Crippen LogP contribution in [-0.4, -0.2) is 55.2 Å². The molecule has 0 saturated carbocycles. The molecule has 35 heavy (non-hydrogen) atoms. The zero-order valence-corrected chi connectivity index (χ0v) is 20.9. The average molecular weight is 473 g/mol. The monoisotopic (exact) mass is 472 g/mol. The van der Waals surface area contributed by atoms with Gasteiger partial charge in [-0.1, -0.05) is 38.0 Å². The second-order valence-corrected chi connectivity index (χ2v) is 9.92. The first kappa shape index (κ1) is 23.6. The summed E-state index contributed by atoms with van der Waals surface area (Å²) in [5.41, 5.74) is 12.1. The van der Waals surface area contributed by atoms with Gasteiger partial charge in [0.25, 0.3) is 5.91 Å². The number of pyridine rings is 1. The van der Waals surface area contributed by atoms with Crippen molar-refractivity contribution in [1.82, 2.24) is 9.88 Å². The number of hydrogen-bond donors (Lipinski definition) is 1. The molecule has 2 saturated heterocycles. The van der Waals surface area contributed by atoms with Crippen LogP contribution in [0.3, 0.4) is 0 Å². The number of nitrogens with two attached hydrogens (primary N) is 1. The summed E-state index contributed by atoms with van der Waals surface area (Å²) in [4.78, 5) is 22.6. The number of nitrogens with zero attached hydrogens (tertiary/aromatic N) is 3. The SMILES string of the molecule is CCCC1CCN(C(=O)c2cccc(C)c2-c2ccc3nc(N)c(N4CCOCC4)cc3c2)CC1. The number of nitrogen functional groups attached to an aromatic ring is 1. The minimum Gasteiger partial charge on any atom is -0.382 e. The number of aryl methyl sites for hydroxylation is 1. The van der Waals surface area contributed by atoms with Gasteiger partial charge in [-0.3, -0.25) is 4.79 Å². The number of hydrogen-bond acceptors (Lipinski definition) is 5. The number of likely N-dealkylation sites (tertiary alicyclic amines) is 1. The van der Waals surface area contributed by atoms with E-state index in [1.54, 1.807) is 0 Å². The van der Waals surface area contributed by atoms with Gasteiger partial charge < -0.3 is 20.3 Å². The number of ether oxygens (including phenoxy) is 1. The third-order valence-corrected chi connectivity index (χ3v) is 7.57. The molecule has 2 N–H and O–H groups in total. The smallest absolute Gasteiger partial charge is 0.254 e. The first-order valence-electron chi connectivity index (χ1n) is 13.0. The van der Waals surface area contributed by atoms with Crippen LogP contribution in [0.5, 0.6) is 0 Å². The van der Waals surface area contributed by atoms with Crippen LogP contribution >= 0.6 is 0 Å². The zero-order chi connectivity index (χ0) is 24.4. The molecule has 3 aromatic rings. The molecule has 0 bridgehead atoms. The number of amides is 1. The largest absolute Gasteiger partial charge is 0.382 e. The minimum atomic E-state index is 0.142. The lowest BCUT2D eigenvalue weighted by molar-refractivity contribution is 0.0687. The molecule has 6 heteroatoms. The number of carbonyl (C=O) groups is 1. The molecule has 2 aromatic carbocycles. The number of carbonyl (C=O) groups excluding carboxylic acids is 1. The minimum absolute atomic E-state index is 0.142. The Hall–Kier alpha value is -3.12. The Bertz CT molecular complexity index is 1210. The number of morpholine rings is 1. The molecule has 2 fully saturated rings. The molecule has 184 valence electrons. The molecule has 0 aliphatic carbocycles. The Morgan fingerprint density at radius 3 is 2.60 bits per heavy atom. The van der Waals surface area contributed by atoms with E-state index in [9.17, 15) is 4.79 Å². The first-order valence-corrected chi connectivity index (χ1v) is 13.0. The fraction of sp³-hybridized carbons (Fsp3) is 0.448. The topological polar surface area (TPSA) is 71.7 Å². The summed E-state index contributed by atoms with van der Waals surface area (Å²) in [5, 5.41) is 1.03. The highest BCUT2D eigenvalue weighted by atomic mass is 16.5. The summed E-state index contributed by atoms with van der Waals surface area (Å²) in [6.07, 6.45) is 4.69. The van der Waals surface area contributed by atoms with Crippen molar-refractivity contribution in [1.29, 1.82) is 0 Å². The fourth-order valence-electron chi connectivity index (χ4n) is 5.63. The zero-order valence-electron chi connectivity index (χ0n) is 20.9. The Morgan fingerprint density at radius 1 is 1.09 bits per heavy atom. The van der Waals surface area contributed by atoms with Crippen molar-refractivity contribution < 1.29 is 9.53 Å². The van der Waals surface area contributed by atoms with Gasteiger partial charge in [0.05, 0.1) is 24.4 Å². The summed E-state index contributed by atoms with van der Waals surface area (Å²) in [7, 11) is 0. The van der Waals surface area contributed by atoms with Crippen LogP contribution in [0.2, 0.25) is 0 Å². The number of rotatable bonds is 5. The van der Waals surface area contributed by atoms with Gasteiger partial charge in [-0.05, 0) is 66.6 Å². The summed E-state index contributed by atoms with van der Waals surface area (Å²) in [6.45, 7) is 9.04. The van der Waals surface area contributed by atoms with Gasteiger partial charge >= 0.3 is 0 Å². The van der Waals surface area contributed by atoms with E-state index in [4.69, 9.17) is 10.5 Å². The fourth-order valence-corrected chi connectivity index (χ4v) is 5.63. The maximum Gasteiger partial charge on any atom is 0.254 e. The molecular formula is C29H36N4O2. The van der Waals surface area contributed by atoms with Crippen molar-refractivity contribution in [2.75, 3.05) is 50.0 Å². The van der Waals surface area contributed by atoms with Crippen molar-refractivity contribution in [3.63, 3.8) is 0 Å². The van der Waals surface area contributed by atoms with Gasteiger partial charge in [0.15, 0.2) is 0 Å². The lowest BCUT2D eigenvalue weighted by Gasteiger charge is -2.32. The maximum atomic E-state index is 13.7. The summed E-state index contributed by atoms with van der Waals surface area (Å²) in [5.74, 6) is 1.44.